The van der Waals surface area contributed by atoms with E-state index in [1.54, 1.807) is 25.2 Å². The van der Waals surface area contributed by atoms with Gasteiger partial charge >= 0.3 is 11.9 Å². The molecule has 6 heteroatoms. The molecule has 6 nitrogen and oxygen atoms in total. The molecular weight excluding hydrogens is 238 g/mol. The number of phenols is 1. The Bertz CT molecular complexity index is 458. The minimum absolute atomic E-state index is 0.0671. The van der Waals surface area contributed by atoms with E-state index in [-0.39, 0.29) is 25.1 Å². The predicted octanol–water partition coefficient (Wildman–Crippen LogP) is 0.930. The second-order valence-electron chi connectivity index (χ2n) is 3.93. The van der Waals surface area contributed by atoms with E-state index in [0.717, 1.165) is 0 Å². The number of para-hydroxylation sites is 1. The average Bonchev–Trinajstić information content (AvgIpc) is 2.26. The molecule has 0 saturated carbocycles. The van der Waals surface area contributed by atoms with Crippen LogP contribution >= 0.6 is 0 Å². The smallest absolute Gasteiger partial charge is 0.323 e. The van der Waals surface area contributed by atoms with Crippen molar-refractivity contribution in [1.82, 2.24) is 0 Å². The summed E-state index contributed by atoms with van der Waals surface area (Å²) in [5.74, 6) is -2.02. The van der Waals surface area contributed by atoms with Gasteiger partial charge in [0.05, 0.1) is 5.69 Å². The molecule has 0 radical (unpaired) electrons. The Balaban J connectivity index is 2.90. The molecule has 1 rings (SSSR count). The van der Waals surface area contributed by atoms with Gasteiger partial charge in [0.1, 0.15) is 12.3 Å². The van der Waals surface area contributed by atoms with Crippen LogP contribution in [0.15, 0.2) is 18.2 Å². The van der Waals surface area contributed by atoms with Crippen LogP contribution in [0.4, 0.5) is 5.69 Å². The molecule has 3 N–H and O–H groups in total. The second-order valence-corrected chi connectivity index (χ2v) is 3.93. The van der Waals surface area contributed by atoms with Crippen LogP contribution in [-0.2, 0) is 16.0 Å². The fourth-order valence-corrected chi connectivity index (χ4v) is 1.62. The number of rotatable bonds is 6. The number of anilines is 1. The maximum absolute atomic E-state index is 10.6. The number of benzene rings is 1. The molecule has 0 fully saturated rings. The summed E-state index contributed by atoms with van der Waals surface area (Å²) in [6.45, 7) is -0.240. The first-order valence-electron chi connectivity index (χ1n) is 5.37. The number of aliphatic carboxylic acids is 2. The van der Waals surface area contributed by atoms with Crippen molar-refractivity contribution in [3.63, 3.8) is 0 Å². The highest BCUT2D eigenvalue weighted by atomic mass is 16.4. The van der Waals surface area contributed by atoms with Crippen LogP contribution < -0.4 is 4.90 Å². The van der Waals surface area contributed by atoms with Gasteiger partial charge in [-0.1, -0.05) is 12.1 Å². The zero-order chi connectivity index (χ0) is 13.7. The van der Waals surface area contributed by atoms with Gasteiger partial charge in [-0.2, -0.15) is 0 Å². The van der Waals surface area contributed by atoms with Gasteiger partial charge < -0.3 is 20.2 Å². The number of hydrogen-bond acceptors (Lipinski definition) is 4. The van der Waals surface area contributed by atoms with Crippen molar-refractivity contribution < 1.29 is 24.9 Å². The third-order valence-electron chi connectivity index (χ3n) is 2.49. The fraction of sp³-hybridized carbons (Fsp3) is 0.333. The van der Waals surface area contributed by atoms with Crippen molar-refractivity contribution in [3.8, 4) is 5.75 Å². The van der Waals surface area contributed by atoms with Crippen LogP contribution in [-0.4, -0.2) is 40.9 Å². The van der Waals surface area contributed by atoms with E-state index >= 15 is 0 Å². The van der Waals surface area contributed by atoms with E-state index in [1.807, 2.05) is 0 Å². The summed E-state index contributed by atoms with van der Waals surface area (Å²) in [6, 6.07) is 4.86. The molecule has 0 aromatic heterocycles. The Morgan fingerprint density at radius 2 is 1.89 bits per heavy atom. The maximum atomic E-state index is 10.6. The summed E-state index contributed by atoms with van der Waals surface area (Å²) in [6.07, 6.45) is 0.121. The van der Waals surface area contributed by atoms with Crippen LogP contribution in [0.3, 0.4) is 0 Å². The summed E-state index contributed by atoms with van der Waals surface area (Å²) in [5, 5.41) is 27.2. The average molecular weight is 253 g/mol. The lowest BCUT2D eigenvalue weighted by molar-refractivity contribution is -0.137. The normalized spacial score (nSPS) is 10.1. The zero-order valence-corrected chi connectivity index (χ0v) is 9.96. The van der Waals surface area contributed by atoms with Gasteiger partial charge in [0.15, 0.2) is 0 Å². The van der Waals surface area contributed by atoms with Crippen molar-refractivity contribution in [2.75, 3.05) is 18.5 Å². The molecule has 0 unspecified atom stereocenters. The molecule has 0 aliphatic heterocycles. The molecule has 98 valence electrons. The number of phenolic OH excluding ortho intramolecular Hbond substituents is 1. The lowest BCUT2D eigenvalue weighted by atomic mass is 10.1. The van der Waals surface area contributed by atoms with Gasteiger partial charge in [0, 0.05) is 13.5 Å². The van der Waals surface area contributed by atoms with Gasteiger partial charge in [-0.3, -0.25) is 9.59 Å². The number of aryl methyl sites for hydroxylation is 1. The first-order chi connectivity index (χ1) is 8.41. The molecular formula is C12H15NO5. The molecule has 1 aromatic rings. The minimum atomic E-state index is -1.01. The van der Waals surface area contributed by atoms with E-state index in [9.17, 15) is 14.7 Å². The molecule has 18 heavy (non-hydrogen) atoms. The number of carbonyl (C=O) groups is 2. The summed E-state index contributed by atoms with van der Waals surface area (Å²) >= 11 is 0. The quantitative estimate of drug-likeness (QED) is 0.697. The predicted molar refractivity (Wildman–Crippen MR) is 65.0 cm³/mol. The number of nitrogens with zero attached hydrogens (tertiary/aromatic N) is 1. The van der Waals surface area contributed by atoms with Crippen LogP contribution in [0.2, 0.25) is 0 Å². The van der Waals surface area contributed by atoms with Gasteiger partial charge in [0.2, 0.25) is 0 Å². The number of hydrogen-bond donors (Lipinski definition) is 3. The number of likely N-dealkylation sites (N-methyl/N-ethyl adjacent to an activating group) is 1. The SMILES string of the molecule is CN(CC(=O)O)c1cccc(CCC(=O)O)c1O. The van der Waals surface area contributed by atoms with E-state index < -0.39 is 11.9 Å². The van der Waals surface area contributed by atoms with Crippen molar-refractivity contribution in [3.05, 3.63) is 23.8 Å². The van der Waals surface area contributed by atoms with Gasteiger partial charge in [0.25, 0.3) is 0 Å². The third kappa shape index (κ3) is 3.65. The molecule has 0 aliphatic rings. The molecule has 1 aromatic carbocycles. The minimum Gasteiger partial charge on any atom is -0.505 e. The highest BCUT2D eigenvalue weighted by molar-refractivity contribution is 5.75. The Labute approximate surface area is 104 Å². The van der Waals surface area contributed by atoms with E-state index in [2.05, 4.69) is 0 Å². The van der Waals surface area contributed by atoms with Crippen molar-refractivity contribution in [2.24, 2.45) is 0 Å². The molecule has 0 aliphatic carbocycles. The van der Waals surface area contributed by atoms with E-state index in [4.69, 9.17) is 10.2 Å². The van der Waals surface area contributed by atoms with Crippen LogP contribution in [0.25, 0.3) is 0 Å². The topological polar surface area (TPSA) is 98.1 Å². The Morgan fingerprint density at radius 1 is 1.22 bits per heavy atom. The highest BCUT2D eigenvalue weighted by Crippen LogP contribution is 2.30. The zero-order valence-electron chi connectivity index (χ0n) is 9.96. The lowest BCUT2D eigenvalue weighted by Gasteiger charge is -2.19. The molecule has 0 atom stereocenters. The maximum Gasteiger partial charge on any atom is 0.323 e. The standard InChI is InChI=1S/C12H15NO5/c1-13(7-11(16)17)9-4-2-3-8(12(9)18)5-6-10(14)15/h2-4,18H,5-7H2,1H3,(H,14,15)(H,16,17). The largest absolute Gasteiger partial charge is 0.505 e. The summed E-state index contributed by atoms with van der Waals surface area (Å²) in [7, 11) is 1.55. The molecule has 0 amide bonds. The second kappa shape index (κ2) is 5.90. The molecule has 0 spiro atoms. The first-order valence-corrected chi connectivity index (χ1v) is 5.37. The number of carboxylic acid groups (broad SMARTS) is 2. The van der Waals surface area contributed by atoms with Gasteiger partial charge in [-0.15, -0.1) is 0 Å². The monoisotopic (exact) mass is 253 g/mol. The Morgan fingerprint density at radius 3 is 2.44 bits per heavy atom. The van der Waals surface area contributed by atoms with Crippen molar-refractivity contribution in [1.29, 1.82) is 0 Å². The third-order valence-corrected chi connectivity index (χ3v) is 2.49. The van der Waals surface area contributed by atoms with E-state index in [0.29, 0.717) is 11.3 Å². The molecule has 0 bridgehead atoms. The Hall–Kier alpha value is -2.24. The molecule has 0 heterocycles. The van der Waals surface area contributed by atoms with Crippen LogP contribution in [0, 0.1) is 0 Å². The van der Waals surface area contributed by atoms with Gasteiger partial charge in [-0.25, -0.2) is 0 Å². The number of aromatic hydroxyl groups is 1. The van der Waals surface area contributed by atoms with Crippen molar-refractivity contribution >= 4 is 17.6 Å². The fourth-order valence-electron chi connectivity index (χ4n) is 1.62. The Kier molecular flexibility index (Phi) is 4.53. The number of carboxylic acids is 2. The first kappa shape index (κ1) is 13.8. The van der Waals surface area contributed by atoms with Gasteiger partial charge in [-0.05, 0) is 18.1 Å². The summed E-state index contributed by atoms with van der Waals surface area (Å²) in [5.41, 5.74) is 0.868. The van der Waals surface area contributed by atoms with Crippen LogP contribution in [0.1, 0.15) is 12.0 Å². The van der Waals surface area contributed by atoms with Crippen molar-refractivity contribution in [2.45, 2.75) is 12.8 Å². The molecule has 0 saturated heterocycles. The van der Waals surface area contributed by atoms with Crippen LogP contribution in [0.5, 0.6) is 5.75 Å². The van der Waals surface area contributed by atoms with E-state index in [1.165, 1.54) is 4.90 Å². The lowest BCUT2D eigenvalue weighted by Crippen LogP contribution is -2.25. The summed E-state index contributed by atoms with van der Waals surface area (Å²) < 4.78 is 0. The highest BCUT2D eigenvalue weighted by Gasteiger charge is 2.13. The summed E-state index contributed by atoms with van der Waals surface area (Å²) in [4.78, 5) is 22.5.